The first kappa shape index (κ1) is 20.4. The summed E-state index contributed by atoms with van der Waals surface area (Å²) in [6.45, 7) is 1.41. The van der Waals surface area contributed by atoms with Crippen molar-refractivity contribution in [1.29, 1.82) is 0 Å². The van der Waals surface area contributed by atoms with Gasteiger partial charge in [0.2, 0.25) is 11.9 Å². The van der Waals surface area contributed by atoms with Crippen LogP contribution in [0.15, 0.2) is 59.7 Å². The number of amides is 1. The number of rotatable bonds is 5. The number of fused-ring (bicyclic) bond motifs is 1. The molecule has 7 nitrogen and oxygen atoms in total. The van der Waals surface area contributed by atoms with Gasteiger partial charge in [-0.3, -0.25) is 19.1 Å². The third-order valence-electron chi connectivity index (χ3n) is 6.62. The van der Waals surface area contributed by atoms with Crippen molar-refractivity contribution in [3.05, 3.63) is 76.6 Å². The van der Waals surface area contributed by atoms with Crippen molar-refractivity contribution in [1.82, 2.24) is 19.4 Å². The molecule has 0 radical (unpaired) electrons. The number of nitrogens with zero attached hydrogens (tertiary/aromatic N) is 5. The van der Waals surface area contributed by atoms with Crippen molar-refractivity contribution in [2.75, 3.05) is 25.0 Å². The van der Waals surface area contributed by atoms with Gasteiger partial charge in [-0.25, -0.2) is 9.37 Å². The second-order valence-electron chi connectivity index (χ2n) is 8.58. The average molecular weight is 433 g/mol. The molecule has 2 aliphatic rings. The molecule has 8 heteroatoms. The molecule has 1 amide bonds. The molecule has 1 saturated carbocycles. The van der Waals surface area contributed by atoms with Gasteiger partial charge in [0.15, 0.2) is 5.82 Å². The van der Waals surface area contributed by atoms with Gasteiger partial charge in [-0.1, -0.05) is 30.3 Å². The molecule has 164 valence electrons. The fraction of sp³-hybridized carbons (Fsp3) is 0.333. The van der Waals surface area contributed by atoms with E-state index in [1.165, 1.54) is 22.9 Å². The van der Waals surface area contributed by atoms with Gasteiger partial charge in [0.1, 0.15) is 0 Å². The van der Waals surface area contributed by atoms with Crippen LogP contribution in [0.1, 0.15) is 5.56 Å². The molecule has 0 bridgehead atoms. The van der Waals surface area contributed by atoms with Crippen molar-refractivity contribution in [2.45, 2.75) is 12.5 Å². The summed E-state index contributed by atoms with van der Waals surface area (Å²) in [5.74, 6) is 0.810. The van der Waals surface area contributed by atoms with Crippen LogP contribution in [0.4, 0.5) is 10.3 Å². The topological polar surface area (TPSA) is 71.3 Å². The molecule has 3 atom stereocenters. The Morgan fingerprint density at radius 3 is 2.59 bits per heavy atom. The van der Waals surface area contributed by atoms with E-state index in [0.29, 0.717) is 43.0 Å². The minimum atomic E-state index is -0.516. The number of anilines is 1. The van der Waals surface area contributed by atoms with Gasteiger partial charge < -0.3 is 9.80 Å². The standard InChI is InChI=1S/C24H24FN5O2/c1-28-21(31)11-20(16-8-9-26-12-19(16)25)27-24(28)29(2)23-17-13-30(14-18(17)23)22(32)10-15-6-4-3-5-7-15/h3-9,11-12,17-18,23H,10,13-14H2,1-2H3/t17-,18+,23-. The molecule has 1 aromatic carbocycles. The Morgan fingerprint density at radius 2 is 1.91 bits per heavy atom. The first-order valence-electron chi connectivity index (χ1n) is 10.7. The Balaban J connectivity index is 1.31. The maximum Gasteiger partial charge on any atom is 0.255 e. The first-order chi connectivity index (χ1) is 15.4. The molecule has 5 rings (SSSR count). The number of halogens is 1. The lowest BCUT2D eigenvalue weighted by molar-refractivity contribution is -0.130. The SMILES string of the molecule is CN(c1nc(-c2ccncc2F)cc(=O)n1C)[C@@H]1[C@@H]2CN(C(=O)Cc3ccccc3)C[C@@H]21. The third-order valence-corrected chi connectivity index (χ3v) is 6.62. The fourth-order valence-corrected chi connectivity index (χ4v) is 4.85. The van der Waals surface area contributed by atoms with E-state index >= 15 is 0 Å². The van der Waals surface area contributed by atoms with Crippen molar-refractivity contribution in [3.8, 4) is 11.3 Å². The van der Waals surface area contributed by atoms with Crippen molar-refractivity contribution in [2.24, 2.45) is 18.9 Å². The lowest BCUT2D eigenvalue weighted by atomic mass is 10.1. The van der Waals surface area contributed by atoms with Crippen molar-refractivity contribution in [3.63, 3.8) is 0 Å². The quantitative estimate of drug-likeness (QED) is 0.617. The maximum absolute atomic E-state index is 14.2. The molecule has 2 fully saturated rings. The van der Waals surface area contributed by atoms with Gasteiger partial charge in [-0.2, -0.15) is 0 Å². The van der Waals surface area contributed by atoms with Gasteiger partial charge in [0.05, 0.1) is 18.3 Å². The summed E-state index contributed by atoms with van der Waals surface area (Å²) >= 11 is 0. The molecule has 0 spiro atoms. The first-order valence-corrected chi connectivity index (χ1v) is 10.7. The molecule has 1 aliphatic heterocycles. The minimum Gasteiger partial charge on any atom is -0.342 e. The number of piperidine rings is 1. The predicted octanol–water partition coefficient (Wildman–Crippen LogP) is 2.12. The number of aromatic nitrogens is 3. The second kappa shape index (κ2) is 7.85. The summed E-state index contributed by atoms with van der Waals surface area (Å²) in [5, 5.41) is 0. The molecular weight excluding hydrogens is 409 g/mol. The number of hydrogen-bond donors (Lipinski definition) is 0. The largest absolute Gasteiger partial charge is 0.342 e. The van der Waals surface area contributed by atoms with Gasteiger partial charge in [-0.05, 0) is 11.6 Å². The highest BCUT2D eigenvalue weighted by Crippen LogP contribution is 2.49. The molecule has 3 heterocycles. The van der Waals surface area contributed by atoms with Crippen LogP contribution in [0.3, 0.4) is 0 Å². The van der Waals surface area contributed by atoms with Gasteiger partial charge >= 0.3 is 0 Å². The molecule has 2 aromatic heterocycles. The third kappa shape index (κ3) is 3.55. The number of carbonyl (C=O) groups is 1. The number of carbonyl (C=O) groups excluding carboxylic acids is 1. The molecular formula is C24H24FN5O2. The van der Waals surface area contributed by atoms with E-state index in [-0.39, 0.29) is 23.1 Å². The number of hydrogen-bond acceptors (Lipinski definition) is 5. The van der Waals surface area contributed by atoms with Crippen LogP contribution in [-0.4, -0.2) is 51.5 Å². The zero-order valence-corrected chi connectivity index (χ0v) is 18.0. The highest BCUT2D eigenvalue weighted by molar-refractivity contribution is 5.79. The normalized spacial score (nSPS) is 21.3. The zero-order chi connectivity index (χ0) is 22.4. The lowest BCUT2D eigenvalue weighted by Gasteiger charge is -2.26. The molecule has 1 aliphatic carbocycles. The predicted molar refractivity (Wildman–Crippen MR) is 119 cm³/mol. The number of likely N-dealkylation sites (tertiary alicyclic amines) is 1. The van der Waals surface area contributed by atoms with Gasteiger partial charge in [-0.15, -0.1) is 0 Å². The molecule has 32 heavy (non-hydrogen) atoms. The van der Waals surface area contributed by atoms with Crippen LogP contribution in [-0.2, 0) is 18.3 Å². The summed E-state index contributed by atoms with van der Waals surface area (Å²) in [4.78, 5) is 37.5. The Labute approximate surface area is 185 Å². The second-order valence-corrected chi connectivity index (χ2v) is 8.58. The van der Waals surface area contributed by atoms with Gasteiger partial charge in [0, 0.05) is 62.9 Å². The average Bonchev–Trinajstić information content (AvgIpc) is 3.28. The Hall–Kier alpha value is -3.55. The molecule has 0 unspecified atom stereocenters. The summed E-state index contributed by atoms with van der Waals surface area (Å²) in [6.07, 6.45) is 3.01. The lowest BCUT2D eigenvalue weighted by Crippen LogP contribution is -2.38. The maximum atomic E-state index is 14.2. The van der Waals surface area contributed by atoms with Crippen LogP contribution in [0.5, 0.6) is 0 Å². The van der Waals surface area contributed by atoms with E-state index in [1.807, 2.05) is 47.2 Å². The van der Waals surface area contributed by atoms with E-state index in [4.69, 9.17) is 0 Å². The van der Waals surface area contributed by atoms with Crippen LogP contribution in [0.25, 0.3) is 11.3 Å². The summed E-state index contributed by atoms with van der Waals surface area (Å²) in [5.41, 5.74) is 1.31. The van der Waals surface area contributed by atoms with E-state index < -0.39 is 5.82 Å². The van der Waals surface area contributed by atoms with E-state index in [9.17, 15) is 14.0 Å². The van der Waals surface area contributed by atoms with Crippen molar-refractivity contribution >= 4 is 11.9 Å². The van der Waals surface area contributed by atoms with Crippen LogP contribution in [0.2, 0.25) is 0 Å². The zero-order valence-electron chi connectivity index (χ0n) is 18.0. The van der Waals surface area contributed by atoms with E-state index in [2.05, 4.69) is 9.97 Å². The van der Waals surface area contributed by atoms with Gasteiger partial charge in [0.25, 0.3) is 5.56 Å². The fourth-order valence-electron chi connectivity index (χ4n) is 4.85. The van der Waals surface area contributed by atoms with Crippen LogP contribution in [0, 0.1) is 17.7 Å². The Kier molecular flexibility index (Phi) is 5.00. The molecule has 0 N–H and O–H groups in total. The van der Waals surface area contributed by atoms with E-state index in [0.717, 1.165) is 11.8 Å². The number of pyridine rings is 1. The Bertz CT molecular complexity index is 1220. The molecule has 3 aromatic rings. The van der Waals surface area contributed by atoms with Crippen LogP contribution >= 0.6 is 0 Å². The Morgan fingerprint density at radius 1 is 1.19 bits per heavy atom. The smallest absolute Gasteiger partial charge is 0.255 e. The summed E-state index contributed by atoms with van der Waals surface area (Å²) < 4.78 is 15.7. The van der Waals surface area contributed by atoms with Crippen LogP contribution < -0.4 is 10.5 Å². The minimum absolute atomic E-state index is 0.144. The van der Waals surface area contributed by atoms with E-state index in [1.54, 1.807) is 7.05 Å². The highest BCUT2D eigenvalue weighted by Gasteiger charge is 2.59. The summed E-state index contributed by atoms with van der Waals surface area (Å²) in [6, 6.07) is 12.8. The monoisotopic (exact) mass is 433 g/mol. The summed E-state index contributed by atoms with van der Waals surface area (Å²) in [7, 11) is 3.58. The number of benzene rings is 1. The van der Waals surface area contributed by atoms with Crippen molar-refractivity contribution < 1.29 is 9.18 Å². The highest BCUT2D eigenvalue weighted by atomic mass is 19.1. The molecule has 1 saturated heterocycles.